The molecule has 0 fully saturated rings. The summed E-state index contributed by atoms with van der Waals surface area (Å²) in [6.07, 6.45) is 1.40. The highest BCUT2D eigenvalue weighted by Crippen LogP contribution is 2.13. The van der Waals surface area contributed by atoms with Gasteiger partial charge in [-0.15, -0.1) is 0 Å². The summed E-state index contributed by atoms with van der Waals surface area (Å²) in [6.45, 7) is 0.446. The second kappa shape index (κ2) is 9.90. The van der Waals surface area contributed by atoms with E-state index in [1.54, 1.807) is 18.2 Å². The van der Waals surface area contributed by atoms with Gasteiger partial charge in [-0.25, -0.2) is 13.6 Å². The monoisotopic (exact) mass is 456 g/mol. The second-order valence-corrected chi connectivity index (χ2v) is 8.15. The van der Waals surface area contributed by atoms with E-state index in [0.29, 0.717) is 11.3 Å². The molecule has 10 nitrogen and oxygen atoms in total. The van der Waals surface area contributed by atoms with Crippen molar-refractivity contribution in [3.8, 4) is 0 Å². The Morgan fingerprint density at radius 2 is 1.34 bits per heavy atom. The number of nitrogens with one attached hydrogen (secondary N) is 3. The molecule has 5 N–H and O–H groups in total. The van der Waals surface area contributed by atoms with Crippen molar-refractivity contribution in [1.82, 2.24) is 10.6 Å². The van der Waals surface area contributed by atoms with E-state index in [0.717, 1.165) is 0 Å². The predicted molar refractivity (Wildman–Crippen MR) is 116 cm³/mol. The fraction of sp³-hybridized carbons (Fsp3) is 0.0952. The molecule has 0 spiro atoms. The summed E-state index contributed by atoms with van der Waals surface area (Å²) in [5.74, 6) is -0.970. The molecule has 0 aliphatic heterocycles. The first-order valence-corrected chi connectivity index (χ1v) is 10.9. The number of hydrogen-bond acceptors (Lipinski definition) is 6. The zero-order valence-electron chi connectivity index (χ0n) is 16.7. The number of sulfonamides is 1. The summed E-state index contributed by atoms with van der Waals surface area (Å²) in [5, 5.41) is 13.0. The number of hydrogen-bond donors (Lipinski definition) is 4. The van der Waals surface area contributed by atoms with Crippen molar-refractivity contribution in [2.75, 3.05) is 18.4 Å². The summed E-state index contributed by atoms with van der Waals surface area (Å²) in [4.78, 5) is 36.1. The number of nitrogens with two attached hydrogens (primary N) is 1. The second-order valence-electron chi connectivity index (χ2n) is 6.59. The highest BCUT2D eigenvalue weighted by molar-refractivity contribution is 7.89. The summed E-state index contributed by atoms with van der Waals surface area (Å²) >= 11 is 0. The van der Waals surface area contributed by atoms with Gasteiger partial charge < -0.3 is 20.4 Å². The molecule has 0 radical (unpaired) electrons. The van der Waals surface area contributed by atoms with E-state index < -0.39 is 15.9 Å². The Hall–Kier alpha value is -3.96. The normalized spacial score (nSPS) is 10.9. The van der Waals surface area contributed by atoms with Crippen LogP contribution in [-0.4, -0.2) is 39.2 Å². The van der Waals surface area contributed by atoms with E-state index in [-0.39, 0.29) is 41.1 Å². The van der Waals surface area contributed by atoms with Crippen LogP contribution in [0, 0.1) is 0 Å². The van der Waals surface area contributed by atoms with Crippen LogP contribution in [0.3, 0.4) is 0 Å². The van der Waals surface area contributed by atoms with Crippen LogP contribution in [0.1, 0.15) is 31.3 Å². The van der Waals surface area contributed by atoms with Gasteiger partial charge in [-0.2, -0.15) is 0 Å². The van der Waals surface area contributed by atoms with Gasteiger partial charge in [0.05, 0.1) is 11.2 Å². The Kier molecular flexibility index (Phi) is 7.03. The summed E-state index contributed by atoms with van der Waals surface area (Å²) < 4.78 is 27.5. The van der Waals surface area contributed by atoms with Gasteiger partial charge >= 0.3 is 0 Å². The Morgan fingerprint density at radius 3 is 1.91 bits per heavy atom. The van der Waals surface area contributed by atoms with Gasteiger partial charge in [-0.1, -0.05) is 0 Å². The van der Waals surface area contributed by atoms with Crippen LogP contribution >= 0.6 is 0 Å². The minimum Gasteiger partial charge on any atom is -0.459 e. The Balaban J connectivity index is 1.48. The van der Waals surface area contributed by atoms with Crippen LogP contribution in [0.2, 0.25) is 0 Å². The lowest BCUT2D eigenvalue weighted by Gasteiger charge is -2.08. The van der Waals surface area contributed by atoms with Crippen molar-refractivity contribution < 1.29 is 27.2 Å². The lowest BCUT2D eigenvalue weighted by molar-refractivity contribution is 0.0910. The third-order valence-electron chi connectivity index (χ3n) is 4.29. The van der Waals surface area contributed by atoms with Gasteiger partial charge in [0.1, 0.15) is 0 Å². The molecule has 0 unspecified atom stereocenters. The summed E-state index contributed by atoms with van der Waals surface area (Å²) in [5.41, 5.74) is 1.07. The van der Waals surface area contributed by atoms with E-state index in [9.17, 15) is 22.8 Å². The zero-order chi connectivity index (χ0) is 23.1. The van der Waals surface area contributed by atoms with Crippen LogP contribution in [0.5, 0.6) is 0 Å². The maximum Gasteiger partial charge on any atom is 0.287 e. The van der Waals surface area contributed by atoms with Crippen LogP contribution in [0.25, 0.3) is 0 Å². The van der Waals surface area contributed by atoms with E-state index in [2.05, 4.69) is 16.0 Å². The molecule has 3 aromatic rings. The van der Waals surface area contributed by atoms with E-state index in [1.165, 1.54) is 48.7 Å². The minimum absolute atomic E-state index is 0.0926. The molecule has 0 bridgehead atoms. The van der Waals surface area contributed by atoms with Gasteiger partial charge in [0.25, 0.3) is 17.7 Å². The lowest BCUT2D eigenvalue weighted by atomic mass is 10.1. The van der Waals surface area contributed by atoms with Crippen LogP contribution in [0.4, 0.5) is 5.69 Å². The molecule has 3 amide bonds. The number of anilines is 1. The average Bonchev–Trinajstić information content (AvgIpc) is 3.31. The number of furan rings is 1. The van der Waals surface area contributed by atoms with Crippen molar-refractivity contribution in [2.45, 2.75) is 4.90 Å². The van der Waals surface area contributed by atoms with Gasteiger partial charge in [-0.05, 0) is 60.7 Å². The third kappa shape index (κ3) is 6.03. The average molecular weight is 456 g/mol. The third-order valence-corrected chi connectivity index (χ3v) is 5.22. The molecule has 11 heteroatoms. The minimum atomic E-state index is -3.83. The molecule has 2 aromatic carbocycles. The van der Waals surface area contributed by atoms with Gasteiger partial charge in [0.15, 0.2) is 5.76 Å². The maximum absolute atomic E-state index is 12.3. The fourth-order valence-electron chi connectivity index (χ4n) is 2.65. The number of rotatable bonds is 8. The molecule has 1 aromatic heterocycles. The first kappa shape index (κ1) is 22.7. The fourth-order valence-corrected chi connectivity index (χ4v) is 3.17. The Labute approximate surface area is 183 Å². The molecule has 166 valence electrons. The molecule has 0 atom stereocenters. The standard InChI is InChI=1S/C21H20N4O6S/c22-32(29,30)17-9-5-15(6-10-17)20(27)25-16-7-3-14(4-8-16)19(26)23-11-12-24-21(28)18-2-1-13-31-18/h1-10,13H,11-12H2,(H,23,26)(H,24,28)(H,25,27)(H2,22,29,30). The molecule has 1 heterocycles. The van der Waals surface area contributed by atoms with Gasteiger partial charge in [0, 0.05) is 29.9 Å². The van der Waals surface area contributed by atoms with Gasteiger partial charge in [-0.3, -0.25) is 14.4 Å². The highest BCUT2D eigenvalue weighted by atomic mass is 32.2. The molecule has 0 saturated carbocycles. The Bertz CT molecular complexity index is 1200. The molecule has 32 heavy (non-hydrogen) atoms. The summed E-state index contributed by atoms with van der Waals surface area (Å²) in [7, 11) is -3.83. The largest absolute Gasteiger partial charge is 0.459 e. The highest BCUT2D eigenvalue weighted by Gasteiger charge is 2.12. The molecular formula is C21H20N4O6S. The van der Waals surface area contributed by atoms with Crippen LogP contribution < -0.4 is 21.1 Å². The summed E-state index contributed by atoms with van der Waals surface area (Å²) in [6, 6.07) is 14.5. The van der Waals surface area contributed by atoms with Crippen molar-refractivity contribution in [1.29, 1.82) is 0 Å². The van der Waals surface area contributed by atoms with E-state index in [1.807, 2.05) is 0 Å². The lowest BCUT2D eigenvalue weighted by Crippen LogP contribution is -2.34. The van der Waals surface area contributed by atoms with E-state index >= 15 is 0 Å². The quantitative estimate of drug-likeness (QED) is 0.374. The number of amides is 3. The number of carbonyl (C=O) groups excluding carboxylic acids is 3. The number of primary sulfonamides is 1. The maximum atomic E-state index is 12.3. The van der Waals surface area contributed by atoms with Crippen molar-refractivity contribution in [2.24, 2.45) is 5.14 Å². The zero-order valence-corrected chi connectivity index (χ0v) is 17.5. The van der Waals surface area contributed by atoms with E-state index in [4.69, 9.17) is 9.56 Å². The molecule has 0 aliphatic carbocycles. The molecule has 3 rings (SSSR count). The Morgan fingerprint density at radius 1 is 0.781 bits per heavy atom. The number of benzene rings is 2. The topological polar surface area (TPSA) is 161 Å². The molecule has 0 aliphatic rings. The number of carbonyl (C=O) groups is 3. The van der Waals surface area contributed by atoms with Crippen molar-refractivity contribution in [3.63, 3.8) is 0 Å². The van der Waals surface area contributed by atoms with Gasteiger partial charge in [0.2, 0.25) is 10.0 Å². The SMILES string of the molecule is NS(=O)(=O)c1ccc(C(=O)Nc2ccc(C(=O)NCCNC(=O)c3ccco3)cc2)cc1. The van der Waals surface area contributed by atoms with Crippen LogP contribution in [0.15, 0.2) is 76.2 Å². The molecule has 0 saturated heterocycles. The predicted octanol–water partition coefficient (Wildman–Crippen LogP) is 1.34. The van der Waals surface area contributed by atoms with Crippen molar-refractivity contribution >= 4 is 33.4 Å². The smallest absolute Gasteiger partial charge is 0.287 e. The first-order chi connectivity index (χ1) is 15.2. The molecular weight excluding hydrogens is 436 g/mol. The first-order valence-electron chi connectivity index (χ1n) is 9.38. The van der Waals surface area contributed by atoms with Crippen LogP contribution in [-0.2, 0) is 10.0 Å². The van der Waals surface area contributed by atoms with Crippen molar-refractivity contribution in [3.05, 3.63) is 83.8 Å².